The van der Waals surface area contributed by atoms with E-state index in [0.29, 0.717) is 0 Å². The van der Waals surface area contributed by atoms with Gasteiger partial charge >= 0.3 is 0 Å². The van der Waals surface area contributed by atoms with Crippen LogP contribution in [0.3, 0.4) is 0 Å². The summed E-state index contributed by atoms with van der Waals surface area (Å²) in [5.41, 5.74) is 0. The standard InChI is InChI=1S/C7H10O3/c8-5-1-3-7(10)4-2-6-9/h1-4,8-9H,5-6H2/b3-1+,4-2+. The van der Waals surface area contributed by atoms with E-state index in [0.717, 1.165) is 0 Å². The maximum absolute atomic E-state index is 10.6. The molecule has 0 unspecified atom stereocenters. The lowest BCUT2D eigenvalue weighted by atomic mass is 10.3. The summed E-state index contributed by atoms with van der Waals surface area (Å²) in [5.74, 6) is -0.233. The highest BCUT2D eigenvalue weighted by atomic mass is 16.3. The number of carbonyl (C=O) groups excluding carboxylic acids is 1. The largest absolute Gasteiger partial charge is 0.392 e. The Balaban J connectivity index is 3.63. The zero-order chi connectivity index (χ0) is 7.82. The molecule has 56 valence electrons. The minimum Gasteiger partial charge on any atom is -0.392 e. The van der Waals surface area contributed by atoms with Gasteiger partial charge in [-0.1, -0.05) is 12.2 Å². The molecule has 3 heteroatoms. The molecule has 0 aromatic carbocycles. The van der Waals surface area contributed by atoms with Crippen LogP contribution in [0.4, 0.5) is 0 Å². The lowest BCUT2D eigenvalue weighted by molar-refractivity contribution is -0.110. The highest BCUT2D eigenvalue weighted by Gasteiger charge is 1.84. The van der Waals surface area contributed by atoms with Crippen LogP contribution in [0.25, 0.3) is 0 Å². The molecule has 0 aliphatic heterocycles. The Morgan fingerprint density at radius 2 is 1.50 bits per heavy atom. The third-order valence-electron chi connectivity index (χ3n) is 0.775. The average molecular weight is 142 g/mol. The van der Waals surface area contributed by atoms with Crippen LogP contribution in [0, 0.1) is 0 Å². The zero-order valence-electron chi connectivity index (χ0n) is 5.53. The first kappa shape index (κ1) is 9.07. The fourth-order valence-corrected chi connectivity index (χ4v) is 0.393. The van der Waals surface area contributed by atoms with Crippen molar-refractivity contribution in [1.82, 2.24) is 0 Å². The molecule has 0 saturated heterocycles. The first-order chi connectivity index (χ1) is 4.81. The van der Waals surface area contributed by atoms with Crippen LogP contribution in [0.1, 0.15) is 0 Å². The number of ketones is 1. The number of aliphatic hydroxyl groups excluding tert-OH is 2. The quantitative estimate of drug-likeness (QED) is 0.527. The summed E-state index contributed by atoms with van der Waals surface area (Å²) in [6.07, 6.45) is 5.16. The number of rotatable bonds is 4. The third kappa shape index (κ3) is 5.21. The van der Waals surface area contributed by atoms with Crippen LogP contribution in [0.5, 0.6) is 0 Å². The Hall–Kier alpha value is -0.930. The van der Waals surface area contributed by atoms with Gasteiger partial charge in [-0.3, -0.25) is 4.79 Å². The van der Waals surface area contributed by atoms with Crippen LogP contribution in [-0.2, 0) is 4.79 Å². The van der Waals surface area contributed by atoms with Crippen molar-refractivity contribution >= 4 is 5.78 Å². The van der Waals surface area contributed by atoms with Crippen molar-refractivity contribution in [2.24, 2.45) is 0 Å². The van der Waals surface area contributed by atoms with Gasteiger partial charge in [-0.25, -0.2) is 0 Å². The lowest BCUT2D eigenvalue weighted by Crippen LogP contribution is -1.86. The van der Waals surface area contributed by atoms with E-state index in [1.54, 1.807) is 0 Å². The molecule has 0 amide bonds. The Bertz CT molecular complexity index is 131. The molecule has 0 aromatic heterocycles. The fourth-order valence-electron chi connectivity index (χ4n) is 0.393. The van der Waals surface area contributed by atoms with Crippen LogP contribution in [-0.4, -0.2) is 29.2 Å². The lowest BCUT2D eigenvalue weighted by Gasteiger charge is -1.80. The van der Waals surface area contributed by atoms with Crippen molar-refractivity contribution in [2.75, 3.05) is 13.2 Å². The van der Waals surface area contributed by atoms with Gasteiger partial charge in [0.1, 0.15) is 0 Å². The van der Waals surface area contributed by atoms with Crippen LogP contribution < -0.4 is 0 Å². The summed E-state index contributed by atoms with van der Waals surface area (Å²) in [7, 11) is 0. The molecular formula is C7H10O3. The molecule has 0 heterocycles. The average Bonchev–Trinajstić information content (AvgIpc) is 1.97. The monoisotopic (exact) mass is 142 g/mol. The van der Waals surface area contributed by atoms with Gasteiger partial charge in [0.05, 0.1) is 13.2 Å². The number of hydrogen-bond acceptors (Lipinski definition) is 3. The minimum absolute atomic E-state index is 0.140. The molecule has 0 aliphatic rings. The Morgan fingerprint density at radius 3 is 1.80 bits per heavy atom. The number of allylic oxidation sites excluding steroid dienone is 2. The summed E-state index contributed by atoms with van der Waals surface area (Å²) < 4.78 is 0. The van der Waals surface area contributed by atoms with Crippen molar-refractivity contribution in [3.8, 4) is 0 Å². The van der Waals surface area contributed by atoms with Crippen molar-refractivity contribution in [2.45, 2.75) is 0 Å². The Kier molecular flexibility index (Phi) is 5.62. The number of hydrogen-bond donors (Lipinski definition) is 2. The Labute approximate surface area is 59.3 Å². The minimum atomic E-state index is -0.233. The summed E-state index contributed by atoms with van der Waals surface area (Å²) in [4.78, 5) is 10.6. The van der Waals surface area contributed by atoms with Gasteiger partial charge in [-0.2, -0.15) is 0 Å². The molecule has 2 N–H and O–H groups in total. The van der Waals surface area contributed by atoms with E-state index in [2.05, 4.69) is 0 Å². The van der Waals surface area contributed by atoms with Gasteiger partial charge < -0.3 is 10.2 Å². The molecule has 0 aliphatic carbocycles. The first-order valence-electron chi connectivity index (χ1n) is 2.90. The van der Waals surface area contributed by atoms with Crippen LogP contribution >= 0.6 is 0 Å². The van der Waals surface area contributed by atoms with E-state index < -0.39 is 0 Å². The SMILES string of the molecule is O=C(/C=C/CO)/C=C/CO. The molecule has 3 nitrogen and oxygen atoms in total. The Morgan fingerprint density at radius 1 is 1.10 bits per heavy atom. The van der Waals surface area contributed by atoms with Gasteiger partial charge in [0.25, 0.3) is 0 Å². The summed E-state index contributed by atoms with van der Waals surface area (Å²) in [6, 6.07) is 0. The maximum Gasteiger partial charge on any atom is 0.178 e. The molecule has 0 aromatic rings. The number of carbonyl (C=O) groups is 1. The topological polar surface area (TPSA) is 57.5 Å². The molecule has 0 bridgehead atoms. The molecule has 0 atom stereocenters. The molecular weight excluding hydrogens is 132 g/mol. The maximum atomic E-state index is 10.6. The normalized spacial score (nSPS) is 11.4. The first-order valence-corrected chi connectivity index (χ1v) is 2.90. The van der Waals surface area contributed by atoms with E-state index in [-0.39, 0.29) is 19.0 Å². The third-order valence-corrected chi connectivity index (χ3v) is 0.775. The van der Waals surface area contributed by atoms with Crippen molar-refractivity contribution < 1.29 is 15.0 Å². The molecule has 0 radical (unpaired) electrons. The predicted octanol–water partition coefficient (Wildman–Crippen LogP) is -0.348. The van der Waals surface area contributed by atoms with Crippen LogP contribution in [0.2, 0.25) is 0 Å². The highest BCUT2D eigenvalue weighted by Crippen LogP contribution is 1.79. The summed E-state index contributed by atoms with van der Waals surface area (Å²) in [6.45, 7) is -0.280. The molecule has 0 rings (SSSR count). The summed E-state index contributed by atoms with van der Waals surface area (Å²) >= 11 is 0. The van der Waals surface area contributed by atoms with Crippen LogP contribution in [0.15, 0.2) is 24.3 Å². The highest BCUT2D eigenvalue weighted by molar-refractivity contribution is 5.99. The van der Waals surface area contributed by atoms with E-state index in [9.17, 15) is 4.79 Å². The second-order valence-electron chi connectivity index (χ2n) is 1.57. The molecule has 0 fully saturated rings. The van der Waals surface area contributed by atoms with Crippen molar-refractivity contribution in [3.63, 3.8) is 0 Å². The predicted molar refractivity (Wildman–Crippen MR) is 37.5 cm³/mol. The van der Waals surface area contributed by atoms with E-state index >= 15 is 0 Å². The molecule has 0 saturated carbocycles. The van der Waals surface area contributed by atoms with E-state index in [1.165, 1.54) is 24.3 Å². The molecule has 10 heavy (non-hydrogen) atoms. The van der Waals surface area contributed by atoms with Gasteiger partial charge in [0.2, 0.25) is 0 Å². The van der Waals surface area contributed by atoms with Gasteiger partial charge in [0, 0.05) is 0 Å². The van der Waals surface area contributed by atoms with Gasteiger partial charge in [0.15, 0.2) is 5.78 Å². The van der Waals surface area contributed by atoms with E-state index in [1.807, 2.05) is 0 Å². The van der Waals surface area contributed by atoms with Crippen molar-refractivity contribution in [3.05, 3.63) is 24.3 Å². The number of aliphatic hydroxyl groups is 2. The molecule has 0 spiro atoms. The second kappa shape index (κ2) is 6.19. The zero-order valence-corrected chi connectivity index (χ0v) is 5.53. The van der Waals surface area contributed by atoms with E-state index in [4.69, 9.17) is 10.2 Å². The van der Waals surface area contributed by atoms with Gasteiger partial charge in [-0.05, 0) is 12.2 Å². The van der Waals surface area contributed by atoms with Crippen molar-refractivity contribution in [1.29, 1.82) is 0 Å². The smallest absolute Gasteiger partial charge is 0.178 e. The summed E-state index contributed by atoms with van der Waals surface area (Å²) in [5, 5.41) is 16.5. The van der Waals surface area contributed by atoms with Gasteiger partial charge in [-0.15, -0.1) is 0 Å². The second-order valence-corrected chi connectivity index (χ2v) is 1.57. The fraction of sp³-hybridized carbons (Fsp3) is 0.286.